The summed E-state index contributed by atoms with van der Waals surface area (Å²) >= 11 is 0. The molecule has 3 rings (SSSR count). The Hall–Kier alpha value is -1.88. The average molecular weight is 386 g/mol. The number of likely N-dealkylation sites (tertiary alicyclic amines) is 2. The summed E-state index contributed by atoms with van der Waals surface area (Å²) in [5.41, 5.74) is 0.958. The molecule has 2 aliphatic heterocycles. The summed E-state index contributed by atoms with van der Waals surface area (Å²) in [5, 5.41) is 3.27. The summed E-state index contributed by atoms with van der Waals surface area (Å²) in [7, 11) is 0. The number of piperidine rings is 2. The van der Waals surface area contributed by atoms with Crippen LogP contribution >= 0.6 is 0 Å². The van der Waals surface area contributed by atoms with Crippen molar-refractivity contribution in [2.45, 2.75) is 59.0 Å². The van der Waals surface area contributed by atoms with Crippen LogP contribution in [-0.2, 0) is 16.1 Å². The fourth-order valence-corrected chi connectivity index (χ4v) is 4.25. The van der Waals surface area contributed by atoms with Crippen molar-refractivity contribution in [1.82, 2.24) is 15.1 Å². The molecule has 2 aliphatic rings. The second kappa shape index (κ2) is 9.08. The SMILES string of the molecule is CC(C)(C)C(=O)N1CCCC(C(=O)NC2CCN(Cc3ccccc3)CC2)C1. The number of hydrogen-bond acceptors (Lipinski definition) is 3. The first-order valence-electron chi connectivity index (χ1n) is 10.7. The predicted molar refractivity (Wildman–Crippen MR) is 112 cm³/mol. The van der Waals surface area contributed by atoms with Crippen molar-refractivity contribution < 1.29 is 9.59 Å². The minimum absolute atomic E-state index is 0.0672. The van der Waals surface area contributed by atoms with Gasteiger partial charge in [0.2, 0.25) is 11.8 Å². The maximum absolute atomic E-state index is 12.8. The third kappa shape index (κ3) is 5.57. The van der Waals surface area contributed by atoms with Crippen LogP contribution in [0.5, 0.6) is 0 Å². The average Bonchev–Trinajstić information content (AvgIpc) is 2.69. The molecule has 2 heterocycles. The lowest BCUT2D eigenvalue weighted by molar-refractivity contribution is -0.143. The number of hydrogen-bond donors (Lipinski definition) is 1. The fraction of sp³-hybridized carbons (Fsp3) is 0.652. The number of nitrogens with zero attached hydrogens (tertiary/aromatic N) is 2. The van der Waals surface area contributed by atoms with Crippen LogP contribution in [-0.4, -0.2) is 53.8 Å². The van der Waals surface area contributed by atoms with Crippen LogP contribution < -0.4 is 5.32 Å². The summed E-state index contributed by atoms with van der Waals surface area (Å²) in [6.07, 6.45) is 3.79. The van der Waals surface area contributed by atoms with Crippen LogP contribution in [0.3, 0.4) is 0 Å². The molecular weight excluding hydrogens is 350 g/mol. The molecule has 2 amide bonds. The number of carbonyl (C=O) groups is 2. The molecule has 1 aromatic carbocycles. The van der Waals surface area contributed by atoms with E-state index < -0.39 is 0 Å². The Bertz CT molecular complexity index is 660. The van der Waals surface area contributed by atoms with Gasteiger partial charge in [0.05, 0.1) is 5.92 Å². The van der Waals surface area contributed by atoms with Gasteiger partial charge in [0.15, 0.2) is 0 Å². The van der Waals surface area contributed by atoms with E-state index in [1.165, 1.54) is 5.56 Å². The first kappa shape index (κ1) is 20.8. The van der Waals surface area contributed by atoms with Crippen molar-refractivity contribution in [3.05, 3.63) is 35.9 Å². The Labute approximate surface area is 169 Å². The predicted octanol–water partition coefficient (Wildman–Crippen LogP) is 3.05. The molecular formula is C23H35N3O2. The van der Waals surface area contributed by atoms with Gasteiger partial charge < -0.3 is 10.2 Å². The van der Waals surface area contributed by atoms with E-state index in [1.54, 1.807) is 0 Å². The molecule has 28 heavy (non-hydrogen) atoms. The maximum Gasteiger partial charge on any atom is 0.227 e. The zero-order valence-electron chi connectivity index (χ0n) is 17.6. The second-order valence-corrected chi connectivity index (χ2v) is 9.38. The minimum atomic E-state index is -0.385. The van der Waals surface area contributed by atoms with Gasteiger partial charge in [-0.2, -0.15) is 0 Å². The number of amides is 2. The Morgan fingerprint density at radius 1 is 1.04 bits per heavy atom. The minimum Gasteiger partial charge on any atom is -0.353 e. The van der Waals surface area contributed by atoms with Crippen LogP contribution in [0.25, 0.3) is 0 Å². The molecule has 0 aromatic heterocycles. The Morgan fingerprint density at radius 2 is 1.71 bits per heavy atom. The lowest BCUT2D eigenvalue weighted by Crippen LogP contribution is -2.51. The third-order valence-electron chi connectivity index (χ3n) is 5.90. The molecule has 5 heteroatoms. The largest absolute Gasteiger partial charge is 0.353 e. The van der Waals surface area contributed by atoms with Crippen molar-refractivity contribution in [3.8, 4) is 0 Å². The van der Waals surface area contributed by atoms with E-state index in [9.17, 15) is 9.59 Å². The van der Waals surface area contributed by atoms with Gasteiger partial charge in [0, 0.05) is 44.2 Å². The van der Waals surface area contributed by atoms with E-state index in [4.69, 9.17) is 0 Å². The van der Waals surface area contributed by atoms with Gasteiger partial charge in [0.25, 0.3) is 0 Å². The van der Waals surface area contributed by atoms with Gasteiger partial charge in [0.1, 0.15) is 0 Å². The topological polar surface area (TPSA) is 52.7 Å². The summed E-state index contributed by atoms with van der Waals surface area (Å²) < 4.78 is 0. The van der Waals surface area contributed by atoms with Gasteiger partial charge in [-0.05, 0) is 31.2 Å². The van der Waals surface area contributed by atoms with Crippen molar-refractivity contribution in [1.29, 1.82) is 0 Å². The lowest BCUT2D eigenvalue weighted by Gasteiger charge is -2.37. The second-order valence-electron chi connectivity index (χ2n) is 9.38. The molecule has 2 fully saturated rings. The highest BCUT2D eigenvalue weighted by molar-refractivity contribution is 5.84. The number of carbonyl (C=O) groups excluding carboxylic acids is 2. The molecule has 1 aromatic rings. The normalized spacial score (nSPS) is 22.1. The molecule has 0 radical (unpaired) electrons. The summed E-state index contributed by atoms with van der Waals surface area (Å²) in [6, 6.07) is 10.8. The van der Waals surface area contributed by atoms with Crippen LogP contribution in [0.2, 0.25) is 0 Å². The van der Waals surface area contributed by atoms with Crippen molar-refractivity contribution in [3.63, 3.8) is 0 Å². The Kier molecular flexibility index (Phi) is 6.76. The van der Waals surface area contributed by atoms with E-state index in [1.807, 2.05) is 31.7 Å². The number of benzene rings is 1. The smallest absolute Gasteiger partial charge is 0.227 e. The van der Waals surface area contributed by atoms with Crippen molar-refractivity contribution in [2.75, 3.05) is 26.2 Å². The number of nitrogens with one attached hydrogen (secondary N) is 1. The lowest BCUT2D eigenvalue weighted by atomic mass is 9.90. The van der Waals surface area contributed by atoms with E-state index in [0.29, 0.717) is 6.54 Å². The van der Waals surface area contributed by atoms with Crippen LogP contribution in [0, 0.1) is 11.3 Å². The van der Waals surface area contributed by atoms with Gasteiger partial charge in [-0.25, -0.2) is 0 Å². The van der Waals surface area contributed by atoms with Gasteiger partial charge in [-0.3, -0.25) is 14.5 Å². The molecule has 0 bridgehead atoms. The number of rotatable bonds is 4. The summed E-state index contributed by atoms with van der Waals surface area (Å²) in [5.74, 6) is 0.217. The first-order chi connectivity index (χ1) is 13.3. The molecule has 1 N–H and O–H groups in total. The molecule has 5 nitrogen and oxygen atoms in total. The first-order valence-corrected chi connectivity index (χ1v) is 10.7. The highest BCUT2D eigenvalue weighted by Gasteiger charge is 2.34. The molecule has 0 spiro atoms. The highest BCUT2D eigenvalue weighted by Crippen LogP contribution is 2.24. The quantitative estimate of drug-likeness (QED) is 0.867. The monoisotopic (exact) mass is 385 g/mol. The van der Waals surface area contributed by atoms with Gasteiger partial charge in [-0.15, -0.1) is 0 Å². The summed E-state index contributed by atoms with van der Waals surface area (Å²) in [4.78, 5) is 29.7. The van der Waals surface area contributed by atoms with E-state index in [0.717, 1.165) is 51.9 Å². The Balaban J connectivity index is 1.44. The summed E-state index contributed by atoms with van der Waals surface area (Å²) in [6.45, 7) is 10.2. The maximum atomic E-state index is 12.8. The van der Waals surface area contributed by atoms with Crippen LogP contribution in [0.15, 0.2) is 30.3 Å². The Morgan fingerprint density at radius 3 is 2.36 bits per heavy atom. The van der Waals surface area contributed by atoms with Crippen molar-refractivity contribution >= 4 is 11.8 Å². The van der Waals surface area contributed by atoms with E-state index >= 15 is 0 Å². The van der Waals surface area contributed by atoms with Gasteiger partial charge in [-0.1, -0.05) is 51.1 Å². The van der Waals surface area contributed by atoms with Crippen LogP contribution in [0.1, 0.15) is 52.0 Å². The standard InChI is InChI=1S/C23H35N3O2/c1-23(2,3)22(28)26-13-7-10-19(17-26)21(27)24-20-11-14-25(15-12-20)16-18-8-5-4-6-9-18/h4-6,8-9,19-20H,7,10-17H2,1-3H3,(H,24,27). The molecule has 0 saturated carbocycles. The zero-order chi connectivity index (χ0) is 20.1. The zero-order valence-corrected chi connectivity index (χ0v) is 17.6. The van der Waals surface area contributed by atoms with Crippen LogP contribution in [0.4, 0.5) is 0 Å². The highest BCUT2D eigenvalue weighted by atomic mass is 16.2. The van der Waals surface area contributed by atoms with Gasteiger partial charge >= 0.3 is 0 Å². The van der Waals surface area contributed by atoms with E-state index in [-0.39, 0.29) is 29.2 Å². The molecule has 2 saturated heterocycles. The fourth-order valence-electron chi connectivity index (χ4n) is 4.25. The molecule has 0 aliphatic carbocycles. The van der Waals surface area contributed by atoms with Crippen molar-refractivity contribution in [2.24, 2.45) is 11.3 Å². The molecule has 154 valence electrons. The molecule has 1 atom stereocenters. The third-order valence-corrected chi connectivity index (χ3v) is 5.90. The van der Waals surface area contributed by atoms with E-state index in [2.05, 4.69) is 34.5 Å². The molecule has 1 unspecified atom stereocenters.